The first kappa shape index (κ1) is 18.7. The number of carbonyl (C=O) groups is 1. The second-order valence-electron chi connectivity index (χ2n) is 7.42. The summed E-state index contributed by atoms with van der Waals surface area (Å²) in [6.07, 6.45) is 3.82. The summed E-state index contributed by atoms with van der Waals surface area (Å²) < 4.78 is 29.0. The van der Waals surface area contributed by atoms with Crippen LogP contribution in [0.1, 0.15) is 27.2 Å². The van der Waals surface area contributed by atoms with Gasteiger partial charge in [0.1, 0.15) is 17.5 Å². The summed E-state index contributed by atoms with van der Waals surface area (Å²) in [6, 6.07) is 1.93. The van der Waals surface area contributed by atoms with E-state index in [1.165, 1.54) is 16.8 Å². The molecule has 2 N–H and O–H groups in total. The molecule has 0 aliphatic heterocycles. The molecule has 0 radical (unpaired) electrons. The maximum absolute atomic E-state index is 14.3. The van der Waals surface area contributed by atoms with Crippen LogP contribution < -0.4 is 5.32 Å². The van der Waals surface area contributed by atoms with Gasteiger partial charge in [-0.05, 0) is 24.0 Å². The van der Waals surface area contributed by atoms with Crippen LogP contribution >= 0.6 is 0 Å². The number of carboxylic acids is 1. The number of hydrogen-bond donors (Lipinski definition) is 2. The molecule has 0 aliphatic carbocycles. The van der Waals surface area contributed by atoms with Crippen LogP contribution in [0.5, 0.6) is 0 Å². The Kier molecular flexibility index (Phi) is 4.77. The molecule has 0 unspecified atom stereocenters. The number of nitrogens with zero attached hydrogens (tertiary/aromatic N) is 4. The molecule has 0 amide bonds. The second kappa shape index (κ2) is 6.90. The van der Waals surface area contributed by atoms with Gasteiger partial charge < -0.3 is 10.4 Å². The molecule has 3 aromatic rings. The van der Waals surface area contributed by atoms with Crippen LogP contribution in [0.15, 0.2) is 30.7 Å². The molecule has 3 rings (SSSR count). The molecule has 27 heavy (non-hydrogen) atoms. The van der Waals surface area contributed by atoms with E-state index in [1.54, 1.807) is 6.07 Å². The maximum atomic E-state index is 14.3. The lowest BCUT2D eigenvalue weighted by molar-refractivity contribution is -0.138. The zero-order valence-corrected chi connectivity index (χ0v) is 15.1. The Morgan fingerprint density at radius 2 is 2.04 bits per heavy atom. The van der Waals surface area contributed by atoms with E-state index in [2.05, 4.69) is 20.3 Å². The van der Waals surface area contributed by atoms with Crippen molar-refractivity contribution in [1.29, 1.82) is 0 Å². The van der Waals surface area contributed by atoms with Crippen molar-refractivity contribution in [1.82, 2.24) is 19.5 Å². The van der Waals surface area contributed by atoms with E-state index >= 15 is 0 Å². The number of aliphatic carboxylic acids is 1. The summed E-state index contributed by atoms with van der Waals surface area (Å²) in [5.41, 5.74) is 0.0771. The Hall–Kier alpha value is -3.10. The Labute approximate surface area is 154 Å². The van der Waals surface area contributed by atoms with Gasteiger partial charge in [0.2, 0.25) is 5.95 Å². The number of rotatable bonds is 5. The van der Waals surface area contributed by atoms with Crippen molar-refractivity contribution in [3.05, 3.63) is 42.4 Å². The zero-order chi connectivity index (χ0) is 19.8. The maximum Gasteiger partial charge on any atom is 0.326 e. The van der Waals surface area contributed by atoms with Gasteiger partial charge in [-0.1, -0.05) is 20.8 Å². The predicted molar refractivity (Wildman–Crippen MR) is 95.7 cm³/mol. The molecule has 0 fully saturated rings. The standard InChI is InChI=1S/C18H19F2N5O2/c1-18(2,3)7-13(16(26)27)23-17-22-9-12(20)15(24-17)25-5-4-10-6-11(19)8-21-14(10)25/h4-6,8-9,13H,7H2,1-3H3,(H,26,27)(H,22,23,24)/t13-/m1/s1. The van der Waals surface area contributed by atoms with Gasteiger partial charge in [-0.3, -0.25) is 4.57 Å². The third-order valence-electron chi connectivity index (χ3n) is 3.86. The molecule has 0 saturated carbocycles. The number of pyridine rings is 1. The van der Waals surface area contributed by atoms with Crippen LogP contribution in [0.3, 0.4) is 0 Å². The molecule has 0 spiro atoms. The van der Waals surface area contributed by atoms with Crippen LogP contribution in [0, 0.1) is 17.0 Å². The SMILES string of the molecule is CC(C)(C)C[C@@H](Nc1ncc(F)c(-n2ccc3cc(F)cnc32)n1)C(=O)O. The first-order valence-corrected chi connectivity index (χ1v) is 8.29. The number of halogens is 2. The molecule has 3 heterocycles. The van der Waals surface area contributed by atoms with Crippen LogP contribution in [-0.4, -0.2) is 36.6 Å². The summed E-state index contributed by atoms with van der Waals surface area (Å²) in [5, 5.41) is 12.7. The minimum atomic E-state index is -1.05. The third kappa shape index (κ3) is 4.18. The summed E-state index contributed by atoms with van der Waals surface area (Å²) in [6.45, 7) is 5.75. The highest BCUT2D eigenvalue weighted by Crippen LogP contribution is 2.24. The lowest BCUT2D eigenvalue weighted by atomic mass is 9.88. The molecular formula is C18H19F2N5O2. The second-order valence-corrected chi connectivity index (χ2v) is 7.42. The van der Waals surface area contributed by atoms with Gasteiger partial charge >= 0.3 is 5.97 Å². The summed E-state index contributed by atoms with van der Waals surface area (Å²) >= 11 is 0. The van der Waals surface area contributed by atoms with Gasteiger partial charge in [-0.25, -0.2) is 23.5 Å². The lowest BCUT2D eigenvalue weighted by Crippen LogP contribution is -2.34. The minimum Gasteiger partial charge on any atom is -0.480 e. The first-order chi connectivity index (χ1) is 12.6. The van der Waals surface area contributed by atoms with Crippen LogP contribution in [0.25, 0.3) is 16.9 Å². The molecule has 1 atom stereocenters. The van der Waals surface area contributed by atoms with E-state index in [4.69, 9.17) is 0 Å². The molecule has 0 aliphatic rings. The van der Waals surface area contributed by atoms with E-state index < -0.39 is 23.6 Å². The number of carboxylic acid groups (broad SMARTS) is 1. The highest BCUT2D eigenvalue weighted by Gasteiger charge is 2.25. The topological polar surface area (TPSA) is 92.9 Å². The van der Waals surface area contributed by atoms with E-state index in [0.29, 0.717) is 17.5 Å². The van der Waals surface area contributed by atoms with E-state index in [0.717, 1.165) is 12.4 Å². The molecule has 0 saturated heterocycles. The number of nitrogens with one attached hydrogen (secondary N) is 1. The lowest BCUT2D eigenvalue weighted by Gasteiger charge is -2.24. The van der Waals surface area contributed by atoms with Crippen molar-refractivity contribution in [3.63, 3.8) is 0 Å². The fraction of sp³-hybridized carbons (Fsp3) is 0.333. The zero-order valence-electron chi connectivity index (χ0n) is 15.1. The van der Waals surface area contributed by atoms with Gasteiger partial charge in [0.15, 0.2) is 11.6 Å². The third-order valence-corrected chi connectivity index (χ3v) is 3.86. The molecule has 0 bridgehead atoms. The highest BCUT2D eigenvalue weighted by molar-refractivity contribution is 5.78. The quantitative estimate of drug-likeness (QED) is 0.710. The Balaban J connectivity index is 1.97. The highest BCUT2D eigenvalue weighted by atomic mass is 19.1. The fourth-order valence-corrected chi connectivity index (χ4v) is 2.73. The average Bonchev–Trinajstić information content (AvgIpc) is 2.97. The minimum absolute atomic E-state index is 0.0213. The fourth-order valence-electron chi connectivity index (χ4n) is 2.73. The van der Waals surface area contributed by atoms with Crippen molar-refractivity contribution < 1.29 is 18.7 Å². The van der Waals surface area contributed by atoms with Crippen molar-refractivity contribution >= 4 is 23.0 Å². The van der Waals surface area contributed by atoms with Gasteiger partial charge in [-0.2, -0.15) is 4.98 Å². The summed E-state index contributed by atoms with van der Waals surface area (Å²) in [7, 11) is 0. The number of aromatic nitrogens is 4. The van der Waals surface area contributed by atoms with E-state index in [1.807, 2.05) is 20.8 Å². The predicted octanol–water partition coefficient (Wildman–Crippen LogP) is 3.40. The van der Waals surface area contributed by atoms with E-state index in [-0.39, 0.29) is 17.2 Å². The van der Waals surface area contributed by atoms with Crippen molar-refractivity contribution in [3.8, 4) is 5.82 Å². The molecular weight excluding hydrogens is 356 g/mol. The van der Waals surface area contributed by atoms with Gasteiger partial charge in [0, 0.05) is 11.6 Å². The normalized spacial score (nSPS) is 12.9. The molecule has 0 aromatic carbocycles. The molecule has 3 aromatic heterocycles. The Bertz CT molecular complexity index is 997. The largest absolute Gasteiger partial charge is 0.480 e. The molecule has 142 valence electrons. The number of anilines is 1. The van der Waals surface area contributed by atoms with Gasteiger partial charge in [0.25, 0.3) is 0 Å². The van der Waals surface area contributed by atoms with Crippen LogP contribution in [-0.2, 0) is 4.79 Å². The number of fused-ring (bicyclic) bond motifs is 1. The Morgan fingerprint density at radius 3 is 2.70 bits per heavy atom. The summed E-state index contributed by atoms with van der Waals surface area (Å²) in [4.78, 5) is 23.4. The number of hydrogen-bond acceptors (Lipinski definition) is 5. The van der Waals surface area contributed by atoms with Gasteiger partial charge in [0.05, 0.1) is 12.4 Å². The van der Waals surface area contributed by atoms with Crippen molar-refractivity contribution in [2.24, 2.45) is 5.41 Å². The molecule has 9 heteroatoms. The van der Waals surface area contributed by atoms with E-state index in [9.17, 15) is 18.7 Å². The molecule has 7 nitrogen and oxygen atoms in total. The van der Waals surface area contributed by atoms with Crippen LogP contribution in [0.2, 0.25) is 0 Å². The average molecular weight is 375 g/mol. The smallest absolute Gasteiger partial charge is 0.326 e. The van der Waals surface area contributed by atoms with Crippen molar-refractivity contribution in [2.75, 3.05) is 5.32 Å². The first-order valence-electron chi connectivity index (χ1n) is 8.29. The van der Waals surface area contributed by atoms with Crippen molar-refractivity contribution in [2.45, 2.75) is 33.2 Å². The summed E-state index contributed by atoms with van der Waals surface area (Å²) in [5.74, 6) is -2.40. The van der Waals surface area contributed by atoms with Gasteiger partial charge in [-0.15, -0.1) is 0 Å². The monoisotopic (exact) mass is 375 g/mol. The Morgan fingerprint density at radius 1 is 1.30 bits per heavy atom. The van der Waals surface area contributed by atoms with Crippen LogP contribution in [0.4, 0.5) is 14.7 Å².